The molecule has 0 saturated heterocycles. The number of benzene rings is 2. The first-order valence-electron chi connectivity index (χ1n) is 10.5. The molecule has 0 radical (unpaired) electrons. The van der Waals surface area contributed by atoms with Crippen molar-refractivity contribution in [1.82, 2.24) is 19.1 Å². The van der Waals surface area contributed by atoms with Crippen molar-refractivity contribution in [3.63, 3.8) is 0 Å². The number of nitrogens with one attached hydrogen (secondary N) is 1. The standard InChI is InChI=1S/C24H27N5O3/c1-5-11-29-20-8-7-18(14-19(20)27-23(29)15-28-12-10-25-16(28)2)26-24(30)17-6-9-21(31-3)22(13-17)32-4/h6-10,12-14H,5,11,15H2,1-4H3,(H,26,30). The first kappa shape index (κ1) is 21.4. The van der Waals surface area contributed by atoms with E-state index in [-0.39, 0.29) is 5.91 Å². The number of ether oxygens (including phenoxy) is 2. The van der Waals surface area contributed by atoms with Gasteiger partial charge in [0.25, 0.3) is 5.91 Å². The largest absolute Gasteiger partial charge is 0.493 e. The summed E-state index contributed by atoms with van der Waals surface area (Å²) in [6.07, 6.45) is 4.75. The second kappa shape index (κ2) is 9.13. The molecule has 2 heterocycles. The fourth-order valence-corrected chi connectivity index (χ4v) is 3.76. The minimum Gasteiger partial charge on any atom is -0.493 e. The molecule has 32 heavy (non-hydrogen) atoms. The summed E-state index contributed by atoms with van der Waals surface area (Å²) in [6, 6.07) is 10.9. The maximum atomic E-state index is 12.8. The van der Waals surface area contributed by atoms with Gasteiger partial charge in [-0.15, -0.1) is 0 Å². The topological polar surface area (TPSA) is 83.2 Å². The summed E-state index contributed by atoms with van der Waals surface area (Å²) in [5, 5.41) is 2.95. The molecule has 1 N–H and O–H groups in total. The maximum absolute atomic E-state index is 12.8. The molecule has 4 rings (SSSR count). The number of carbonyl (C=O) groups is 1. The van der Waals surface area contributed by atoms with Crippen molar-refractivity contribution in [2.24, 2.45) is 0 Å². The second-order valence-corrected chi connectivity index (χ2v) is 7.51. The van der Waals surface area contributed by atoms with Crippen LogP contribution in [-0.2, 0) is 13.1 Å². The minimum atomic E-state index is -0.229. The number of methoxy groups -OCH3 is 2. The molecule has 1 amide bonds. The second-order valence-electron chi connectivity index (χ2n) is 7.51. The van der Waals surface area contributed by atoms with E-state index in [1.807, 2.05) is 31.3 Å². The SMILES string of the molecule is CCCn1c(Cn2ccnc2C)nc2cc(NC(=O)c3ccc(OC)c(OC)c3)ccc21. The lowest BCUT2D eigenvalue weighted by atomic mass is 10.1. The highest BCUT2D eigenvalue weighted by molar-refractivity contribution is 6.05. The molecule has 8 heteroatoms. The van der Waals surface area contributed by atoms with Gasteiger partial charge in [0.2, 0.25) is 0 Å². The molecule has 0 spiro atoms. The van der Waals surface area contributed by atoms with Gasteiger partial charge in [-0.2, -0.15) is 0 Å². The number of carbonyl (C=O) groups excluding carboxylic acids is 1. The van der Waals surface area contributed by atoms with Crippen LogP contribution in [0.3, 0.4) is 0 Å². The van der Waals surface area contributed by atoms with Crippen LogP contribution in [0.4, 0.5) is 5.69 Å². The smallest absolute Gasteiger partial charge is 0.255 e. The first-order chi connectivity index (χ1) is 15.5. The summed E-state index contributed by atoms with van der Waals surface area (Å²) in [4.78, 5) is 22.0. The number of rotatable bonds is 8. The number of fused-ring (bicyclic) bond motifs is 1. The Morgan fingerprint density at radius 1 is 1.09 bits per heavy atom. The van der Waals surface area contributed by atoms with E-state index in [1.54, 1.807) is 38.6 Å². The number of hydrogen-bond acceptors (Lipinski definition) is 5. The van der Waals surface area contributed by atoms with Crippen LogP contribution in [-0.4, -0.2) is 39.2 Å². The van der Waals surface area contributed by atoms with Crippen molar-refractivity contribution < 1.29 is 14.3 Å². The van der Waals surface area contributed by atoms with Gasteiger partial charge in [0, 0.05) is 30.2 Å². The molecule has 166 valence electrons. The zero-order valence-corrected chi connectivity index (χ0v) is 18.8. The molecule has 0 aliphatic carbocycles. The van der Waals surface area contributed by atoms with Crippen molar-refractivity contribution >= 4 is 22.6 Å². The van der Waals surface area contributed by atoms with E-state index < -0.39 is 0 Å². The Morgan fingerprint density at radius 3 is 2.59 bits per heavy atom. The number of nitrogens with zero attached hydrogens (tertiary/aromatic N) is 4. The molecule has 0 atom stereocenters. The Bertz CT molecular complexity index is 1260. The summed E-state index contributed by atoms with van der Waals surface area (Å²) >= 11 is 0. The van der Waals surface area contributed by atoms with Crippen LogP contribution >= 0.6 is 0 Å². The van der Waals surface area contributed by atoms with E-state index in [1.165, 1.54) is 0 Å². The molecule has 0 aliphatic heterocycles. The van der Waals surface area contributed by atoms with Crippen LogP contribution in [0.15, 0.2) is 48.8 Å². The predicted octanol–water partition coefficient (Wildman–Crippen LogP) is 4.27. The average Bonchev–Trinajstić information content (AvgIpc) is 3.36. The van der Waals surface area contributed by atoms with E-state index in [4.69, 9.17) is 14.5 Å². The molecule has 0 bridgehead atoms. The summed E-state index contributed by atoms with van der Waals surface area (Å²) in [7, 11) is 3.11. The number of aromatic nitrogens is 4. The molecule has 0 saturated carbocycles. The van der Waals surface area contributed by atoms with Crippen LogP contribution in [0.2, 0.25) is 0 Å². The van der Waals surface area contributed by atoms with Gasteiger partial charge in [0.15, 0.2) is 11.5 Å². The lowest BCUT2D eigenvalue weighted by Crippen LogP contribution is -2.12. The molecule has 0 fully saturated rings. The minimum absolute atomic E-state index is 0.229. The van der Waals surface area contributed by atoms with Gasteiger partial charge in [-0.3, -0.25) is 4.79 Å². The van der Waals surface area contributed by atoms with Crippen molar-refractivity contribution in [2.75, 3.05) is 19.5 Å². The van der Waals surface area contributed by atoms with Crippen LogP contribution in [0.25, 0.3) is 11.0 Å². The maximum Gasteiger partial charge on any atom is 0.255 e. The van der Waals surface area contributed by atoms with Gasteiger partial charge in [-0.05, 0) is 49.7 Å². The zero-order chi connectivity index (χ0) is 22.7. The summed E-state index contributed by atoms with van der Waals surface area (Å²) in [5.41, 5.74) is 3.05. The lowest BCUT2D eigenvalue weighted by molar-refractivity contribution is 0.102. The first-order valence-corrected chi connectivity index (χ1v) is 10.5. The van der Waals surface area contributed by atoms with Gasteiger partial charge in [0.1, 0.15) is 11.6 Å². The Morgan fingerprint density at radius 2 is 1.91 bits per heavy atom. The number of anilines is 1. The van der Waals surface area contributed by atoms with Crippen molar-refractivity contribution in [3.8, 4) is 11.5 Å². The Balaban J connectivity index is 1.62. The van der Waals surface area contributed by atoms with E-state index in [0.29, 0.717) is 29.3 Å². The molecule has 2 aromatic heterocycles. The monoisotopic (exact) mass is 433 g/mol. The molecule has 0 unspecified atom stereocenters. The highest BCUT2D eigenvalue weighted by Gasteiger charge is 2.15. The Hall–Kier alpha value is -3.81. The fourth-order valence-electron chi connectivity index (χ4n) is 3.76. The molecule has 4 aromatic rings. The van der Waals surface area contributed by atoms with Gasteiger partial charge in [-0.1, -0.05) is 6.92 Å². The number of imidazole rings is 2. The normalized spacial score (nSPS) is 11.0. The number of hydrogen-bond donors (Lipinski definition) is 1. The van der Waals surface area contributed by atoms with Crippen LogP contribution in [0.1, 0.15) is 35.4 Å². The van der Waals surface area contributed by atoms with Gasteiger partial charge in [-0.25, -0.2) is 9.97 Å². The zero-order valence-electron chi connectivity index (χ0n) is 18.8. The summed E-state index contributed by atoms with van der Waals surface area (Å²) in [5.74, 6) is 2.77. The van der Waals surface area contributed by atoms with E-state index in [9.17, 15) is 4.79 Å². The predicted molar refractivity (Wildman–Crippen MR) is 124 cm³/mol. The van der Waals surface area contributed by atoms with Crippen molar-refractivity contribution in [1.29, 1.82) is 0 Å². The van der Waals surface area contributed by atoms with E-state index in [2.05, 4.69) is 26.4 Å². The molecular formula is C24H27N5O3. The highest BCUT2D eigenvalue weighted by atomic mass is 16.5. The molecule has 2 aromatic carbocycles. The summed E-state index contributed by atoms with van der Waals surface area (Å²) in [6.45, 7) is 5.65. The number of amides is 1. The molecule has 8 nitrogen and oxygen atoms in total. The van der Waals surface area contributed by atoms with E-state index in [0.717, 1.165) is 35.6 Å². The van der Waals surface area contributed by atoms with Gasteiger partial charge < -0.3 is 23.9 Å². The molecular weight excluding hydrogens is 406 g/mol. The number of aryl methyl sites for hydroxylation is 2. The quantitative estimate of drug-likeness (QED) is 0.449. The van der Waals surface area contributed by atoms with Crippen LogP contribution < -0.4 is 14.8 Å². The van der Waals surface area contributed by atoms with E-state index >= 15 is 0 Å². The van der Waals surface area contributed by atoms with Crippen molar-refractivity contribution in [2.45, 2.75) is 33.4 Å². The third kappa shape index (κ3) is 4.16. The Kier molecular flexibility index (Phi) is 6.11. The van der Waals surface area contributed by atoms with Gasteiger partial charge in [0.05, 0.1) is 31.8 Å². The highest BCUT2D eigenvalue weighted by Crippen LogP contribution is 2.28. The van der Waals surface area contributed by atoms with Crippen LogP contribution in [0, 0.1) is 6.92 Å². The lowest BCUT2D eigenvalue weighted by Gasteiger charge is -2.11. The third-order valence-corrected chi connectivity index (χ3v) is 5.41. The fraction of sp³-hybridized carbons (Fsp3) is 0.292. The molecule has 0 aliphatic rings. The van der Waals surface area contributed by atoms with Crippen LogP contribution in [0.5, 0.6) is 11.5 Å². The average molecular weight is 434 g/mol. The summed E-state index contributed by atoms with van der Waals surface area (Å²) < 4.78 is 14.9. The Labute approximate surface area is 186 Å². The van der Waals surface area contributed by atoms with Gasteiger partial charge >= 0.3 is 0 Å². The van der Waals surface area contributed by atoms with Crippen molar-refractivity contribution in [3.05, 3.63) is 66.0 Å². The third-order valence-electron chi connectivity index (χ3n) is 5.41.